The third-order valence-corrected chi connectivity index (χ3v) is 14.4. The van der Waals surface area contributed by atoms with E-state index in [1.54, 1.807) is 64.3 Å². The Balaban J connectivity index is 0.871. The van der Waals surface area contributed by atoms with Crippen LogP contribution in [0.4, 0.5) is 15.3 Å². The molecule has 18 heteroatoms. The molecule has 0 saturated carbocycles. The first-order valence-electron chi connectivity index (χ1n) is 25.5. The lowest BCUT2D eigenvalue weighted by Crippen LogP contribution is -2.56. The van der Waals surface area contributed by atoms with Crippen LogP contribution in [0.1, 0.15) is 119 Å². The molecule has 0 saturated heterocycles. The van der Waals surface area contributed by atoms with Gasteiger partial charge in [-0.15, -0.1) is 0 Å². The second-order valence-corrected chi connectivity index (χ2v) is 20.8. The number of fused-ring (bicyclic) bond motifs is 8. The highest BCUT2D eigenvalue weighted by Crippen LogP contribution is 2.46. The van der Waals surface area contributed by atoms with Gasteiger partial charge < -0.3 is 50.5 Å². The van der Waals surface area contributed by atoms with Crippen LogP contribution in [0.25, 0.3) is 33.4 Å². The molecule has 3 aromatic carbocycles. The molecule has 0 unspecified atom stereocenters. The zero-order valence-corrected chi connectivity index (χ0v) is 42.6. The summed E-state index contributed by atoms with van der Waals surface area (Å²) in [7, 11) is 0. The summed E-state index contributed by atoms with van der Waals surface area (Å²) in [5.41, 5.74) is 6.81. The van der Waals surface area contributed by atoms with Crippen LogP contribution in [-0.2, 0) is 65.0 Å². The van der Waals surface area contributed by atoms with E-state index < -0.39 is 71.6 Å². The van der Waals surface area contributed by atoms with Crippen LogP contribution in [0.5, 0.6) is 0 Å². The van der Waals surface area contributed by atoms with Gasteiger partial charge in [0.05, 0.1) is 35.6 Å². The largest absolute Gasteiger partial charge is 0.458 e. The van der Waals surface area contributed by atoms with E-state index in [4.69, 9.17) is 19.2 Å². The molecule has 0 fully saturated rings. The Morgan fingerprint density at radius 2 is 1.57 bits per heavy atom. The average molecular weight is 1010 g/mol. The summed E-state index contributed by atoms with van der Waals surface area (Å²) in [5, 5.41) is 26.1. The number of nitrogens with zero attached hydrogens (tertiary/aromatic N) is 2. The maximum atomic E-state index is 14.0. The molecule has 0 spiro atoms. The van der Waals surface area contributed by atoms with Gasteiger partial charge in [0.25, 0.3) is 5.56 Å². The van der Waals surface area contributed by atoms with E-state index in [1.165, 1.54) is 0 Å². The molecule has 4 aliphatic rings. The first kappa shape index (κ1) is 51.3. The Bertz CT molecular complexity index is 3110. The fourth-order valence-electron chi connectivity index (χ4n) is 10.7. The van der Waals surface area contributed by atoms with Crippen LogP contribution in [-0.4, -0.2) is 87.9 Å². The smallest absolute Gasteiger partial charge is 0.407 e. The van der Waals surface area contributed by atoms with Crippen LogP contribution < -0.4 is 32.1 Å². The maximum absolute atomic E-state index is 14.0. The first-order chi connectivity index (χ1) is 35.4. The van der Waals surface area contributed by atoms with Crippen molar-refractivity contribution in [3.05, 3.63) is 116 Å². The number of amides is 5. The van der Waals surface area contributed by atoms with Gasteiger partial charge in [-0.25, -0.2) is 19.4 Å². The molecule has 2 aliphatic heterocycles. The van der Waals surface area contributed by atoms with Gasteiger partial charge in [-0.2, -0.15) is 0 Å². The van der Waals surface area contributed by atoms with Crippen molar-refractivity contribution in [2.24, 2.45) is 5.92 Å². The quantitative estimate of drug-likeness (QED) is 0.0352. The fraction of sp³-hybridized carbons (Fsp3) is 0.429. The zero-order chi connectivity index (χ0) is 52.6. The molecular weight excluding hydrogens is 947 g/mol. The molecule has 18 nitrogen and oxygen atoms in total. The second-order valence-electron chi connectivity index (χ2n) is 20.8. The number of aliphatic hydroxyl groups is 1. The number of unbranched alkanes of at least 4 members (excludes halogenated alkanes) is 1. The minimum Gasteiger partial charge on any atom is -0.458 e. The molecular formula is C56H63N7O11. The normalized spacial score (nSPS) is 16.9. The van der Waals surface area contributed by atoms with Crippen molar-refractivity contribution in [2.75, 3.05) is 25.0 Å². The van der Waals surface area contributed by atoms with Crippen molar-refractivity contribution in [1.82, 2.24) is 30.8 Å². The van der Waals surface area contributed by atoms with E-state index in [9.17, 15) is 38.7 Å². The minimum absolute atomic E-state index is 0.0320. The van der Waals surface area contributed by atoms with Gasteiger partial charge in [-0.3, -0.25) is 19.2 Å². The number of hydrogen-bond donors (Lipinski definition) is 6. The van der Waals surface area contributed by atoms with Crippen molar-refractivity contribution in [3.8, 4) is 22.5 Å². The lowest BCUT2D eigenvalue weighted by atomic mass is 9.85. The summed E-state index contributed by atoms with van der Waals surface area (Å²) in [6.07, 6.45) is 1.74. The monoisotopic (exact) mass is 1010 g/mol. The number of anilines is 1. The number of benzene rings is 3. The predicted molar refractivity (Wildman–Crippen MR) is 275 cm³/mol. The second kappa shape index (κ2) is 20.7. The van der Waals surface area contributed by atoms with Crippen LogP contribution in [0.3, 0.4) is 0 Å². The van der Waals surface area contributed by atoms with Gasteiger partial charge in [-0.05, 0) is 123 Å². The van der Waals surface area contributed by atoms with E-state index >= 15 is 0 Å². The first-order valence-corrected chi connectivity index (χ1v) is 25.5. The van der Waals surface area contributed by atoms with Gasteiger partial charge in [0.2, 0.25) is 17.7 Å². The average Bonchev–Trinajstić information content (AvgIpc) is 3.93. The van der Waals surface area contributed by atoms with E-state index in [0.29, 0.717) is 48.3 Å². The van der Waals surface area contributed by atoms with Gasteiger partial charge in [0.1, 0.15) is 30.9 Å². The molecule has 5 aromatic rings. The molecule has 0 radical (unpaired) electrons. The molecule has 6 N–H and O–H groups in total. The number of nitrogens with one attached hydrogen (secondary N) is 5. The van der Waals surface area contributed by atoms with E-state index in [1.807, 2.05) is 48.5 Å². The summed E-state index contributed by atoms with van der Waals surface area (Å²) in [5.74, 6) is -3.14. The number of rotatable bonds is 16. The van der Waals surface area contributed by atoms with Crippen LogP contribution in [0, 0.1) is 5.92 Å². The molecule has 3 atom stereocenters. The number of carbonyl (C=O) groups excluding carboxylic acids is 6. The number of hydrogen-bond acceptors (Lipinski definition) is 12. The number of ether oxygens (including phenoxy) is 3. The molecule has 0 bridgehead atoms. The van der Waals surface area contributed by atoms with Gasteiger partial charge in [-0.1, -0.05) is 69.3 Å². The Kier molecular flexibility index (Phi) is 14.4. The number of esters is 1. The van der Waals surface area contributed by atoms with Gasteiger partial charge >= 0.3 is 18.2 Å². The maximum Gasteiger partial charge on any atom is 0.407 e. The molecule has 4 heterocycles. The van der Waals surface area contributed by atoms with Gasteiger partial charge in [0.15, 0.2) is 5.60 Å². The predicted octanol–water partition coefficient (Wildman–Crippen LogP) is 6.37. The highest BCUT2D eigenvalue weighted by atomic mass is 16.6. The van der Waals surface area contributed by atoms with Crippen molar-refractivity contribution in [3.63, 3.8) is 0 Å². The van der Waals surface area contributed by atoms with Crippen molar-refractivity contribution in [1.29, 1.82) is 0 Å². The summed E-state index contributed by atoms with van der Waals surface area (Å²) in [6.45, 7) is 10.4. The Labute approximate surface area is 428 Å². The number of cyclic esters (lactones) is 1. The topological polar surface area (TPSA) is 245 Å². The van der Waals surface area contributed by atoms with Gasteiger partial charge in [0, 0.05) is 34.7 Å². The molecule has 74 heavy (non-hydrogen) atoms. The SMILES string of the molecule is CC[C@@]1(O)C(=O)OCc2c1cc1n(c2=O)Cc2c-1nc1ccc(NC(=O)CNC(=O)[C@H](CCCCNC(=O)OC(C)(C)C)NC(=O)[C@@H](NC(=O)OCC3c4ccccc4-c4ccccc43)C(C)C)c3c1c2CCC3. The van der Waals surface area contributed by atoms with Crippen LogP contribution in [0.15, 0.2) is 71.5 Å². The molecule has 2 aromatic heterocycles. The summed E-state index contributed by atoms with van der Waals surface area (Å²) in [6, 6.07) is 19.0. The van der Waals surface area contributed by atoms with E-state index in [0.717, 1.165) is 50.8 Å². The minimum atomic E-state index is -1.95. The molecule has 388 valence electrons. The van der Waals surface area contributed by atoms with Crippen LogP contribution >= 0.6 is 0 Å². The Morgan fingerprint density at radius 1 is 0.865 bits per heavy atom. The standard InChI is InChI=1S/C56H63N7O11/c1-7-56(71)40-25-44-48-37(27-63(44)51(67)39(40)29-72-52(56)68)35-19-14-20-36-41(22-23-42(60-48)46(35)36)59-45(64)26-58-49(65)43(21-12-13-24-57-53(69)74-55(4,5)6)61-50(66)47(30(2)3)62-54(70)73-28-38-33-17-10-8-15-31(33)32-16-9-11-18-34(32)38/h8-11,15-18,22-23,25,30,38,43,47,71H,7,12-14,19-21,24,26-29H2,1-6H3,(H,57,69)(H,58,65)(H,59,64)(H,61,66)(H,62,70)/t43-,47-,56-/m0/s1. The van der Waals surface area contributed by atoms with Crippen molar-refractivity contribution >= 4 is 52.5 Å². The molecule has 2 aliphatic carbocycles. The highest BCUT2D eigenvalue weighted by Gasteiger charge is 2.46. The highest BCUT2D eigenvalue weighted by molar-refractivity contribution is 6.01. The zero-order valence-electron chi connectivity index (χ0n) is 42.6. The Hall–Kier alpha value is -7.60. The fourth-order valence-corrected chi connectivity index (χ4v) is 10.7. The third-order valence-electron chi connectivity index (χ3n) is 14.4. The number of pyridine rings is 2. The lowest BCUT2D eigenvalue weighted by Gasteiger charge is -2.31. The lowest BCUT2D eigenvalue weighted by molar-refractivity contribution is -0.172. The van der Waals surface area contributed by atoms with E-state index in [2.05, 4.69) is 26.6 Å². The summed E-state index contributed by atoms with van der Waals surface area (Å²) < 4.78 is 17.9. The summed E-state index contributed by atoms with van der Waals surface area (Å²) in [4.78, 5) is 99.0. The van der Waals surface area contributed by atoms with Crippen molar-refractivity contribution in [2.45, 2.75) is 129 Å². The third kappa shape index (κ3) is 10.1. The number of aryl methyl sites for hydroxylation is 2. The number of aromatic nitrogens is 2. The van der Waals surface area contributed by atoms with Crippen LogP contribution in [0.2, 0.25) is 0 Å². The molecule has 5 amide bonds. The van der Waals surface area contributed by atoms with Crippen molar-refractivity contribution < 1.29 is 48.1 Å². The van der Waals surface area contributed by atoms with E-state index in [-0.39, 0.29) is 61.7 Å². The summed E-state index contributed by atoms with van der Waals surface area (Å²) >= 11 is 0. The number of carbonyl (C=O) groups is 6. The molecule has 9 rings (SSSR count). The Morgan fingerprint density at radius 3 is 2.26 bits per heavy atom. The number of alkyl carbamates (subject to hydrolysis) is 2.